The molecule has 6 heteroatoms. The Hall–Kier alpha value is -2.18. The van der Waals surface area contributed by atoms with Gasteiger partial charge in [0.25, 0.3) is 0 Å². The number of nitrogens with zero attached hydrogens (tertiary/aromatic N) is 1. The number of likely N-dealkylation sites (tertiary alicyclic amines) is 1. The molecule has 28 heavy (non-hydrogen) atoms. The van der Waals surface area contributed by atoms with Crippen LogP contribution in [0.1, 0.15) is 49.1 Å². The molecule has 1 N–H and O–H groups in total. The predicted octanol–water partition coefficient (Wildman–Crippen LogP) is 4.23. The van der Waals surface area contributed by atoms with Gasteiger partial charge >= 0.3 is 5.97 Å². The van der Waals surface area contributed by atoms with Gasteiger partial charge in [0.2, 0.25) is 5.91 Å². The molecule has 1 aromatic heterocycles. The number of esters is 1. The Morgan fingerprint density at radius 2 is 1.96 bits per heavy atom. The number of carbonyl (C=O) groups excluding carboxylic acids is 2. The fraction of sp³-hybridized carbons (Fsp3) is 0.455. The maximum absolute atomic E-state index is 12.3. The van der Waals surface area contributed by atoms with Crippen LogP contribution in [0.3, 0.4) is 0 Å². The number of piperidine rings is 1. The van der Waals surface area contributed by atoms with Crippen molar-refractivity contribution in [3.63, 3.8) is 0 Å². The summed E-state index contributed by atoms with van der Waals surface area (Å²) in [7, 11) is 1.43. The van der Waals surface area contributed by atoms with E-state index in [-0.39, 0.29) is 17.8 Å². The number of hydrogen-bond acceptors (Lipinski definition) is 5. The normalized spacial score (nSPS) is 16.5. The number of hydrogen-bond donors (Lipinski definition) is 1. The number of carbonyl (C=O) groups is 2. The molecule has 1 fully saturated rings. The van der Waals surface area contributed by atoms with Gasteiger partial charge in [0.05, 0.1) is 18.0 Å². The van der Waals surface area contributed by atoms with Crippen LogP contribution in [0, 0.1) is 0 Å². The maximum atomic E-state index is 12.3. The van der Waals surface area contributed by atoms with Gasteiger partial charge in [-0.2, -0.15) is 0 Å². The highest BCUT2D eigenvalue weighted by Crippen LogP contribution is 2.31. The summed E-state index contributed by atoms with van der Waals surface area (Å²) < 4.78 is 5.03. The van der Waals surface area contributed by atoms with Gasteiger partial charge in [0.1, 0.15) is 0 Å². The lowest BCUT2D eigenvalue weighted by atomic mass is 9.89. The van der Waals surface area contributed by atoms with Crippen LogP contribution >= 0.6 is 11.3 Å². The van der Waals surface area contributed by atoms with Crippen molar-refractivity contribution in [1.82, 2.24) is 4.90 Å². The molecule has 2 heterocycles. The Labute approximate surface area is 170 Å². The van der Waals surface area contributed by atoms with Crippen LogP contribution in [0.5, 0.6) is 0 Å². The fourth-order valence-corrected chi connectivity index (χ4v) is 4.76. The number of ether oxygens (including phenoxy) is 1. The number of nitrogens with one attached hydrogen (secondary N) is 1. The molecule has 0 spiro atoms. The monoisotopic (exact) mass is 400 g/mol. The quantitative estimate of drug-likeness (QED) is 0.707. The molecule has 0 radical (unpaired) electrons. The number of amides is 1. The minimum atomic E-state index is -0.296. The number of benzene rings is 1. The molecule has 1 saturated heterocycles. The Morgan fingerprint density at radius 3 is 2.61 bits per heavy atom. The minimum absolute atomic E-state index is 0.107. The predicted molar refractivity (Wildman–Crippen MR) is 113 cm³/mol. The highest BCUT2D eigenvalue weighted by Gasteiger charge is 2.26. The van der Waals surface area contributed by atoms with Crippen LogP contribution in [0.4, 0.5) is 5.00 Å². The smallest absolute Gasteiger partial charge is 0.313 e. The molecule has 1 aliphatic rings. The van der Waals surface area contributed by atoms with Crippen molar-refractivity contribution in [2.75, 3.05) is 32.1 Å². The lowest BCUT2D eigenvalue weighted by Gasteiger charge is -2.32. The first kappa shape index (κ1) is 20.6. The molecular weight excluding hydrogens is 372 g/mol. The molecule has 5 nitrogen and oxygen atoms in total. The van der Waals surface area contributed by atoms with Crippen LogP contribution < -0.4 is 5.32 Å². The van der Waals surface area contributed by atoms with Crippen molar-refractivity contribution in [2.24, 2.45) is 0 Å². The molecule has 1 amide bonds. The third-order valence-electron chi connectivity index (χ3n) is 5.40. The summed E-state index contributed by atoms with van der Waals surface area (Å²) in [5.74, 6) is 0.0113. The Morgan fingerprint density at radius 1 is 1.25 bits per heavy atom. The molecule has 1 unspecified atom stereocenters. The van der Waals surface area contributed by atoms with E-state index in [1.165, 1.54) is 30.9 Å². The Balaban J connectivity index is 1.55. The molecule has 1 aromatic carbocycles. The zero-order valence-electron chi connectivity index (χ0n) is 16.5. The molecule has 150 valence electrons. The van der Waals surface area contributed by atoms with Gasteiger partial charge < -0.3 is 15.0 Å². The summed E-state index contributed by atoms with van der Waals surface area (Å²) in [6, 6.07) is 12.6. The molecule has 1 aliphatic heterocycles. The number of thiophene rings is 1. The Bertz CT molecular complexity index is 782. The highest BCUT2D eigenvalue weighted by atomic mass is 32.1. The molecule has 1 atom stereocenters. The van der Waals surface area contributed by atoms with Crippen LogP contribution in [-0.4, -0.2) is 43.5 Å². The highest BCUT2D eigenvalue weighted by molar-refractivity contribution is 7.14. The number of methoxy groups -OCH3 is 1. The van der Waals surface area contributed by atoms with Crippen molar-refractivity contribution in [1.29, 1.82) is 0 Å². The molecule has 3 rings (SSSR count). The van der Waals surface area contributed by atoms with Crippen molar-refractivity contribution in [3.8, 4) is 0 Å². The fourth-order valence-electron chi connectivity index (χ4n) is 3.86. The summed E-state index contributed by atoms with van der Waals surface area (Å²) in [4.78, 5) is 26.0. The van der Waals surface area contributed by atoms with Crippen LogP contribution in [0.25, 0.3) is 0 Å². The van der Waals surface area contributed by atoms with E-state index in [9.17, 15) is 9.59 Å². The Kier molecular flexibility index (Phi) is 7.23. The van der Waals surface area contributed by atoms with Crippen molar-refractivity contribution in [3.05, 3.63) is 52.9 Å². The third-order valence-corrected chi connectivity index (χ3v) is 6.26. The average molecular weight is 401 g/mol. The second-order valence-electron chi connectivity index (χ2n) is 7.32. The summed E-state index contributed by atoms with van der Waals surface area (Å²) in [6.45, 7) is 4.45. The van der Waals surface area contributed by atoms with Crippen LogP contribution in [0.15, 0.2) is 41.8 Å². The van der Waals surface area contributed by atoms with E-state index in [0.29, 0.717) is 5.92 Å². The zero-order valence-corrected chi connectivity index (χ0v) is 17.3. The van der Waals surface area contributed by atoms with Crippen molar-refractivity contribution < 1.29 is 14.3 Å². The lowest BCUT2D eigenvalue weighted by molar-refractivity contribution is -0.142. The molecule has 2 aromatic rings. The van der Waals surface area contributed by atoms with E-state index in [0.717, 1.165) is 49.5 Å². The second-order valence-corrected chi connectivity index (χ2v) is 8.23. The first-order valence-corrected chi connectivity index (χ1v) is 10.7. The van der Waals surface area contributed by atoms with Crippen LogP contribution in [0.2, 0.25) is 0 Å². The lowest BCUT2D eigenvalue weighted by Crippen LogP contribution is -2.35. The van der Waals surface area contributed by atoms with Gasteiger partial charge in [0, 0.05) is 6.92 Å². The average Bonchev–Trinajstić information content (AvgIpc) is 3.16. The number of anilines is 1. The van der Waals surface area contributed by atoms with Crippen molar-refractivity contribution >= 4 is 28.2 Å². The summed E-state index contributed by atoms with van der Waals surface area (Å²) in [5.41, 5.74) is 2.35. The SMILES string of the molecule is COC(=O)C(CCN1CCC(c2ccccc2)CC1)c1csc(NC(C)=O)c1. The summed E-state index contributed by atoms with van der Waals surface area (Å²) in [6.07, 6.45) is 3.02. The molecular formula is C22H28N2O3S. The van der Waals surface area contributed by atoms with Crippen molar-refractivity contribution in [2.45, 2.75) is 38.0 Å². The largest absolute Gasteiger partial charge is 0.469 e. The first-order chi connectivity index (χ1) is 13.6. The third kappa shape index (κ3) is 5.42. The van der Waals surface area contributed by atoms with Gasteiger partial charge in [-0.1, -0.05) is 30.3 Å². The van der Waals surface area contributed by atoms with Crippen LogP contribution in [-0.2, 0) is 14.3 Å². The van der Waals surface area contributed by atoms with Gasteiger partial charge in [-0.3, -0.25) is 9.59 Å². The zero-order chi connectivity index (χ0) is 19.9. The summed E-state index contributed by atoms with van der Waals surface area (Å²) in [5, 5.41) is 5.48. The van der Waals surface area contributed by atoms with Gasteiger partial charge in [-0.05, 0) is 67.4 Å². The van der Waals surface area contributed by atoms with Gasteiger partial charge in [-0.25, -0.2) is 0 Å². The van der Waals surface area contributed by atoms with E-state index in [1.807, 2.05) is 11.4 Å². The second kappa shape index (κ2) is 9.85. The van der Waals surface area contributed by atoms with E-state index in [1.54, 1.807) is 0 Å². The van der Waals surface area contributed by atoms with Gasteiger partial charge in [-0.15, -0.1) is 11.3 Å². The standard InChI is InChI=1S/C22H28N2O3S/c1-16(25)23-21-14-19(15-28-21)20(22(26)27-2)10-13-24-11-8-18(9-12-24)17-6-4-3-5-7-17/h3-7,14-15,18,20H,8-13H2,1-2H3,(H,23,25). The van der Waals surface area contributed by atoms with E-state index < -0.39 is 0 Å². The molecule has 0 saturated carbocycles. The number of rotatable bonds is 7. The topological polar surface area (TPSA) is 58.6 Å². The van der Waals surface area contributed by atoms with E-state index in [2.05, 4.69) is 40.5 Å². The van der Waals surface area contributed by atoms with Gasteiger partial charge in [0.15, 0.2) is 0 Å². The summed E-state index contributed by atoms with van der Waals surface area (Å²) >= 11 is 1.44. The first-order valence-electron chi connectivity index (χ1n) is 9.78. The minimum Gasteiger partial charge on any atom is -0.469 e. The molecule has 0 aliphatic carbocycles. The maximum Gasteiger partial charge on any atom is 0.313 e. The van der Waals surface area contributed by atoms with E-state index in [4.69, 9.17) is 4.74 Å². The van der Waals surface area contributed by atoms with E-state index >= 15 is 0 Å². The molecule has 0 bridgehead atoms.